The maximum atomic E-state index is 13.3. The van der Waals surface area contributed by atoms with E-state index in [9.17, 15) is 9.18 Å². The molecule has 0 aromatic heterocycles. The third-order valence-electron chi connectivity index (χ3n) is 4.25. The van der Waals surface area contributed by atoms with Gasteiger partial charge in [-0.15, -0.1) is 0 Å². The molecule has 2 unspecified atom stereocenters. The van der Waals surface area contributed by atoms with Crippen molar-refractivity contribution in [2.75, 3.05) is 0 Å². The lowest BCUT2D eigenvalue weighted by Gasteiger charge is -2.35. The molecule has 2 rings (SSSR count). The van der Waals surface area contributed by atoms with Crippen LogP contribution in [0.2, 0.25) is 0 Å². The van der Waals surface area contributed by atoms with Gasteiger partial charge in [0.25, 0.3) is 0 Å². The summed E-state index contributed by atoms with van der Waals surface area (Å²) in [6.07, 6.45) is 3.90. The van der Waals surface area contributed by atoms with E-state index in [1.165, 1.54) is 12.1 Å². The summed E-state index contributed by atoms with van der Waals surface area (Å²) in [4.78, 5) is 12.5. The maximum absolute atomic E-state index is 13.3. The molecule has 2 nitrogen and oxygen atoms in total. The number of carbonyl (C=O) groups excluding carboxylic acids is 1. The standard InChI is InChI=1S/C16H22FNO/c1-11-4-3-7-16(18,10-11)15(19)9-13-8-14(17)6-5-12(13)2/h5-6,8,11H,3-4,7,9-10,18H2,1-2H3. The number of benzene rings is 1. The van der Waals surface area contributed by atoms with E-state index >= 15 is 0 Å². The minimum atomic E-state index is -0.712. The normalized spacial score (nSPS) is 27.3. The molecular weight excluding hydrogens is 241 g/mol. The van der Waals surface area contributed by atoms with Crippen LogP contribution in [0.15, 0.2) is 18.2 Å². The van der Waals surface area contributed by atoms with Crippen LogP contribution in [-0.4, -0.2) is 11.3 Å². The van der Waals surface area contributed by atoms with Crippen molar-refractivity contribution in [1.82, 2.24) is 0 Å². The predicted molar refractivity (Wildman–Crippen MR) is 74.4 cm³/mol. The van der Waals surface area contributed by atoms with Gasteiger partial charge < -0.3 is 5.73 Å². The first-order valence-electron chi connectivity index (χ1n) is 6.98. The molecule has 0 spiro atoms. The average Bonchev–Trinajstić information content (AvgIpc) is 2.33. The van der Waals surface area contributed by atoms with Gasteiger partial charge in [-0.2, -0.15) is 0 Å². The quantitative estimate of drug-likeness (QED) is 0.910. The van der Waals surface area contributed by atoms with E-state index in [-0.39, 0.29) is 18.0 Å². The topological polar surface area (TPSA) is 43.1 Å². The highest BCUT2D eigenvalue weighted by molar-refractivity contribution is 5.90. The van der Waals surface area contributed by atoms with Gasteiger partial charge in [0.15, 0.2) is 5.78 Å². The molecule has 1 aliphatic carbocycles. The van der Waals surface area contributed by atoms with E-state index in [2.05, 4.69) is 6.92 Å². The van der Waals surface area contributed by atoms with Crippen LogP contribution in [0.3, 0.4) is 0 Å². The number of Topliss-reactive ketones (excluding diaryl/α,β-unsaturated/α-hetero) is 1. The number of nitrogens with two attached hydrogens (primary N) is 1. The monoisotopic (exact) mass is 263 g/mol. The van der Waals surface area contributed by atoms with Crippen molar-refractivity contribution in [3.05, 3.63) is 35.1 Å². The molecule has 1 saturated carbocycles. The zero-order valence-electron chi connectivity index (χ0n) is 11.7. The Morgan fingerprint density at radius 3 is 2.95 bits per heavy atom. The lowest BCUT2D eigenvalue weighted by Crippen LogP contribution is -2.51. The fourth-order valence-corrected chi connectivity index (χ4v) is 3.02. The second kappa shape index (κ2) is 5.41. The Labute approximate surface area is 114 Å². The van der Waals surface area contributed by atoms with Gasteiger partial charge in [-0.3, -0.25) is 4.79 Å². The molecule has 3 heteroatoms. The van der Waals surface area contributed by atoms with Gasteiger partial charge in [-0.25, -0.2) is 4.39 Å². The molecule has 0 bridgehead atoms. The lowest BCUT2D eigenvalue weighted by atomic mass is 9.73. The summed E-state index contributed by atoms with van der Waals surface area (Å²) in [5.41, 5.74) is 7.28. The predicted octanol–water partition coefficient (Wildman–Crippen LogP) is 3.15. The maximum Gasteiger partial charge on any atom is 0.157 e. The highest BCUT2D eigenvalue weighted by Crippen LogP contribution is 2.32. The van der Waals surface area contributed by atoms with Crippen LogP contribution in [0.4, 0.5) is 4.39 Å². The molecule has 1 fully saturated rings. The Bertz CT molecular complexity index is 486. The molecule has 1 aromatic rings. The summed E-state index contributed by atoms with van der Waals surface area (Å²) in [6.45, 7) is 4.04. The fourth-order valence-electron chi connectivity index (χ4n) is 3.02. The molecule has 0 radical (unpaired) electrons. The van der Waals surface area contributed by atoms with Gasteiger partial charge in [-0.1, -0.05) is 25.8 Å². The molecule has 0 saturated heterocycles. The van der Waals surface area contributed by atoms with Crippen molar-refractivity contribution >= 4 is 5.78 Å². The SMILES string of the molecule is Cc1ccc(F)cc1CC(=O)C1(N)CCCC(C)C1. The molecule has 1 aliphatic rings. The summed E-state index contributed by atoms with van der Waals surface area (Å²) in [7, 11) is 0. The summed E-state index contributed by atoms with van der Waals surface area (Å²) < 4.78 is 13.3. The van der Waals surface area contributed by atoms with Crippen molar-refractivity contribution in [1.29, 1.82) is 0 Å². The van der Waals surface area contributed by atoms with E-state index in [1.54, 1.807) is 6.07 Å². The number of halogens is 1. The van der Waals surface area contributed by atoms with Crippen LogP contribution in [0, 0.1) is 18.7 Å². The summed E-state index contributed by atoms with van der Waals surface area (Å²) in [5.74, 6) is 0.251. The van der Waals surface area contributed by atoms with Gasteiger partial charge in [-0.05, 0) is 48.9 Å². The molecular formula is C16H22FNO. The summed E-state index contributed by atoms with van der Waals surface area (Å²) >= 11 is 0. The Morgan fingerprint density at radius 1 is 1.53 bits per heavy atom. The molecule has 19 heavy (non-hydrogen) atoms. The van der Waals surface area contributed by atoms with Crippen molar-refractivity contribution in [3.8, 4) is 0 Å². The molecule has 0 amide bonds. The third-order valence-corrected chi connectivity index (χ3v) is 4.25. The fraction of sp³-hybridized carbons (Fsp3) is 0.562. The first-order chi connectivity index (χ1) is 8.90. The lowest BCUT2D eigenvalue weighted by molar-refractivity contribution is -0.125. The van der Waals surface area contributed by atoms with Crippen LogP contribution in [0.1, 0.15) is 43.7 Å². The van der Waals surface area contributed by atoms with Crippen LogP contribution >= 0.6 is 0 Å². The van der Waals surface area contributed by atoms with Crippen molar-refractivity contribution in [3.63, 3.8) is 0 Å². The van der Waals surface area contributed by atoms with Crippen LogP contribution < -0.4 is 5.73 Å². The minimum Gasteiger partial charge on any atom is -0.319 e. The Balaban J connectivity index is 2.14. The van der Waals surface area contributed by atoms with Crippen LogP contribution in [-0.2, 0) is 11.2 Å². The largest absolute Gasteiger partial charge is 0.319 e. The molecule has 104 valence electrons. The number of ketones is 1. The average molecular weight is 263 g/mol. The third kappa shape index (κ3) is 3.21. The number of carbonyl (C=O) groups is 1. The smallest absolute Gasteiger partial charge is 0.157 e. The number of hydrogen-bond acceptors (Lipinski definition) is 2. The second-order valence-electron chi connectivity index (χ2n) is 6.03. The first-order valence-corrected chi connectivity index (χ1v) is 6.98. The van der Waals surface area contributed by atoms with Gasteiger partial charge in [0, 0.05) is 6.42 Å². The number of rotatable bonds is 3. The molecule has 2 N–H and O–H groups in total. The highest BCUT2D eigenvalue weighted by Gasteiger charge is 2.37. The van der Waals surface area contributed by atoms with E-state index in [1.807, 2.05) is 6.92 Å². The number of hydrogen-bond donors (Lipinski definition) is 1. The van der Waals surface area contributed by atoms with Gasteiger partial charge in [0.05, 0.1) is 5.54 Å². The van der Waals surface area contributed by atoms with E-state index in [0.29, 0.717) is 5.92 Å². The summed E-state index contributed by atoms with van der Waals surface area (Å²) in [6, 6.07) is 4.58. The van der Waals surface area contributed by atoms with Crippen molar-refractivity contribution < 1.29 is 9.18 Å². The Kier molecular flexibility index (Phi) is 4.04. The minimum absolute atomic E-state index is 0.0488. The first kappa shape index (κ1) is 14.2. The molecule has 0 aliphatic heterocycles. The van der Waals surface area contributed by atoms with Crippen molar-refractivity contribution in [2.45, 2.75) is 51.5 Å². The Morgan fingerprint density at radius 2 is 2.26 bits per heavy atom. The van der Waals surface area contributed by atoms with E-state index in [0.717, 1.165) is 36.8 Å². The second-order valence-corrected chi connectivity index (χ2v) is 6.03. The molecule has 2 atom stereocenters. The van der Waals surface area contributed by atoms with Gasteiger partial charge >= 0.3 is 0 Å². The van der Waals surface area contributed by atoms with Gasteiger partial charge in [0.2, 0.25) is 0 Å². The van der Waals surface area contributed by atoms with Crippen LogP contribution in [0.25, 0.3) is 0 Å². The zero-order chi connectivity index (χ0) is 14.0. The molecule has 1 aromatic carbocycles. The Hall–Kier alpha value is -1.22. The zero-order valence-corrected chi connectivity index (χ0v) is 11.7. The molecule has 0 heterocycles. The highest BCUT2D eigenvalue weighted by atomic mass is 19.1. The van der Waals surface area contributed by atoms with E-state index in [4.69, 9.17) is 5.73 Å². The van der Waals surface area contributed by atoms with Crippen molar-refractivity contribution in [2.24, 2.45) is 11.7 Å². The van der Waals surface area contributed by atoms with Gasteiger partial charge in [0.1, 0.15) is 5.82 Å². The number of aryl methyl sites for hydroxylation is 1. The van der Waals surface area contributed by atoms with E-state index < -0.39 is 5.54 Å². The van der Waals surface area contributed by atoms with Crippen LogP contribution in [0.5, 0.6) is 0 Å². The summed E-state index contributed by atoms with van der Waals surface area (Å²) in [5, 5.41) is 0.